The molecule has 0 aliphatic rings. The van der Waals surface area contributed by atoms with Crippen molar-refractivity contribution < 1.29 is 4.79 Å². The van der Waals surface area contributed by atoms with Gasteiger partial charge in [0.05, 0.1) is 4.88 Å². The van der Waals surface area contributed by atoms with Gasteiger partial charge in [0.2, 0.25) is 5.91 Å². The molecule has 0 fully saturated rings. The van der Waals surface area contributed by atoms with E-state index >= 15 is 0 Å². The highest BCUT2D eigenvalue weighted by atomic mass is 32.1. The van der Waals surface area contributed by atoms with Crippen molar-refractivity contribution in [1.29, 1.82) is 0 Å². The van der Waals surface area contributed by atoms with E-state index in [9.17, 15) is 4.79 Å². The molecule has 1 amide bonds. The molecule has 0 radical (unpaired) electrons. The fourth-order valence-electron chi connectivity index (χ4n) is 3.64. The molecule has 1 unspecified atom stereocenters. The van der Waals surface area contributed by atoms with Crippen molar-refractivity contribution in [3.05, 3.63) is 87.8 Å². The van der Waals surface area contributed by atoms with Crippen LogP contribution in [0.1, 0.15) is 36.6 Å². The molecule has 0 aliphatic heterocycles. The molecule has 0 bridgehead atoms. The van der Waals surface area contributed by atoms with Crippen LogP contribution in [-0.2, 0) is 24.3 Å². The average Bonchev–Trinajstić information content (AvgIpc) is 3.48. The smallest absolute Gasteiger partial charge is 0.246 e. The van der Waals surface area contributed by atoms with Crippen LogP contribution >= 0.6 is 23.6 Å². The van der Waals surface area contributed by atoms with Crippen LogP contribution in [0.3, 0.4) is 0 Å². The standard InChI is InChI=1S/C24H25N5OS2/c1-3-18-8-10-19(11-9-18)15-28(16-20-6-4-12-25-14-20)23(30)17(2)29-22(26-27-24(29)31)21-7-5-13-32-21/h4-14,17H,3,15-16H2,1-2H3,(H,27,31). The van der Waals surface area contributed by atoms with E-state index < -0.39 is 6.04 Å². The van der Waals surface area contributed by atoms with Gasteiger partial charge >= 0.3 is 0 Å². The average molecular weight is 464 g/mol. The van der Waals surface area contributed by atoms with Gasteiger partial charge in [0.1, 0.15) is 6.04 Å². The highest BCUT2D eigenvalue weighted by Crippen LogP contribution is 2.27. The lowest BCUT2D eigenvalue weighted by molar-refractivity contribution is -0.135. The molecule has 1 atom stereocenters. The predicted octanol–water partition coefficient (Wildman–Crippen LogP) is 5.42. The lowest BCUT2D eigenvalue weighted by Gasteiger charge is -2.27. The van der Waals surface area contributed by atoms with Gasteiger partial charge in [-0.05, 0) is 59.8 Å². The molecule has 0 saturated carbocycles. The molecule has 4 aromatic rings. The summed E-state index contributed by atoms with van der Waals surface area (Å²) < 4.78 is 2.24. The molecule has 164 valence electrons. The molecule has 8 heteroatoms. The van der Waals surface area contributed by atoms with E-state index in [0.717, 1.165) is 22.4 Å². The van der Waals surface area contributed by atoms with Crippen molar-refractivity contribution in [2.24, 2.45) is 0 Å². The van der Waals surface area contributed by atoms with Crippen LogP contribution in [0.5, 0.6) is 0 Å². The third-order valence-electron chi connectivity index (χ3n) is 5.40. The molecule has 0 spiro atoms. The summed E-state index contributed by atoms with van der Waals surface area (Å²) in [6.45, 7) is 4.98. The normalized spacial score (nSPS) is 11.9. The Hall–Kier alpha value is -3.10. The number of rotatable bonds is 8. The highest BCUT2D eigenvalue weighted by Gasteiger charge is 2.26. The van der Waals surface area contributed by atoms with Gasteiger partial charge in [-0.15, -0.1) is 11.3 Å². The second kappa shape index (κ2) is 10.0. The number of aryl methyl sites for hydroxylation is 1. The van der Waals surface area contributed by atoms with E-state index in [2.05, 4.69) is 46.4 Å². The SMILES string of the molecule is CCc1ccc(CN(Cc2cccnc2)C(=O)C(C)n2c(-c3cccs3)n[nH]c2=S)cc1. The molecule has 3 aromatic heterocycles. The molecule has 3 heterocycles. The van der Waals surface area contributed by atoms with E-state index in [0.29, 0.717) is 23.7 Å². The quantitative estimate of drug-likeness (QED) is 0.355. The number of carbonyl (C=O) groups is 1. The van der Waals surface area contributed by atoms with Gasteiger partial charge in [0, 0.05) is 25.5 Å². The number of hydrogen-bond donors (Lipinski definition) is 1. The lowest BCUT2D eigenvalue weighted by Crippen LogP contribution is -2.35. The van der Waals surface area contributed by atoms with Crippen LogP contribution in [0.15, 0.2) is 66.3 Å². The van der Waals surface area contributed by atoms with Crippen LogP contribution in [0.4, 0.5) is 0 Å². The number of aromatic amines is 1. The topological polar surface area (TPSA) is 66.8 Å². The van der Waals surface area contributed by atoms with Crippen molar-refractivity contribution in [2.75, 3.05) is 0 Å². The minimum absolute atomic E-state index is 0.0243. The number of nitrogens with zero attached hydrogens (tertiary/aromatic N) is 4. The van der Waals surface area contributed by atoms with Crippen LogP contribution in [0, 0.1) is 4.77 Å². The lowest BCUT2D eigenvalue weighted by atomic mass is 10.1. The number of nitrogens with one attached hydrogen (secondary N) is 1. The van der Waals surface area contributed by atoms with E-state index in [-0.39, 0.29) is 5.91 Å². The largest absolute Gasteiger partial charge is 0.332 e. The number of H-pyrrole nitrogens is 1. The molecule has 1 N–H and O–H groups in total. The molecule has 0 saturated heterocycles. The van der Waals surface area contributed by atoms with Crippen molar-refractivity contribution in [3.8, 4) is 10.7 Å². The summed E-state index contributed by atoms with van der Waals surface area (Å²) in [5, 5.41) is 9.22. The molecule has 32 heavy (non-hydrogen) atoms. The molecule has 1 aromatic carbocycles. The Morgan fingerprint density at radius 1 is 1.12 bits per heavy atom. The summed E-state index contributed by atoms with van der Waals surface area (Å²) >= 11 is 7.05. The molecule has 4 rings (SSSR count). The first kappa shape index (κ1) is 22.1. The zero-order valence-corrected chi connectivity index (χ0v) is 19.7. The number of carbonyl (C=O) groups excluding carboxylic acids is 1. The maximum atomic E-state index is 13.7. The van der Waals surface area contributed by atoms with Crippen molar-refractivity contribution >= 4 is 29.5 Å². The van der Waals surface area contributed by atoms with Gasteiger partial charge in [-0.3, -0.25) is 19.4 Å². The van der Waals surface area contributed by atoms with Crippen molar-refractivity contribution in [3.63, 3.8) is 0 Å². The third kappa shape index (κ3) is 4.87. The zero-order chi connectivity index (χ0) is 22.5. The number of thiophene rings is 1. The maximum absolute atomic E-state index is 13.7. The van der Waals surface area contributed by atoms with Crippen LogP contribution < -0.4 is 0 Å². The Morgan fingerprint density at radius 3 is 2.53 bits per heavy atom. The Balaban J connectivity index is 1.65. The first-order chi connectivity index (χ1) is 15.6. The predicted molar refractivity (Wildman–Crippen MR) is 130 cm³/mol. The van der Waals surface area contributed by atoms with E-state index in [1.807, 2.05) is 41.5 Å². The number of amides is 1. The van der Waals surface area contributed by atoms with E-state index in [1.54, 1.807) is 28.3 Å². The van der Waals surface area contributed by atoms with Gasteiger partial charge in [0.15, 0.2) is 10.6 Å². The summed E-state index contributed by atoms with van der Waals surface area (Å²) in [6.07, 6.45) is 4.52. The van der Waals surface area contributed by atoms with Gasteiger partial charge in [-0.25, -0.2) is 0 Å². The number of benzene rings is 1. The minimum Gasteiger partial charge on any atom is -0.332 e. The Morgan fingerprint density at radius 2 is 1.88 bits per heavy atom. The number of hydrogen-bond acceptors (Lipinski definition) is 5. The Bertz CT molecular complexity index is 1210. The summed E-state index contributed by atoms with van der Waals surface area (Å²) in [5.74, 6) is 0.656. The minimum atomic E-state index is -0.509. The second-order valence-electron chi connectivity index (χ2n) is 7.60. The van der Waals surface area contributed by atoms with Gasteiger partial charge < -0.3 is 4.90 Å². The summed E-state index contributed by atoms with van der Waals surface area (Å²) in [7, 11) is 0. The monoisotopic (exact) mass is 463 g/mol. The second-order valence-corrected chi connectivity index (χ2v) is 8.94. The van der Waals surface area contributed by atoms with Crippen LogP contribution in [0.2, 0.25) is 0 Å². The third-order valence-corrected chi connectivity index (χ3v) is 6.56. The first-order valence-electron chi connectivity index (χ1n) is 10.5. The van der Waals surface area contributed by atoms with Crippen molar-refractivity contribution in [2.45, 2.75) is 39.4 Å². The molecular formula is C24H25N5OS2. The summed E-state index contributed by atoms with van der Waals surface area (Å²) in [5.41, 5.74) is 3.34. The summed E-state index contributed by atoms with van der Waals surface area (Å²) in [4.78, 5) is 20.8. The molecule has 6 nitrogen and oxygen atoms in total. The van der Waals surface area contributed by atoms with Gasteiger partial charge in [0.25, 0.3) is 0 Å². The fourth-order valence-corrected chi connectivity index (χ4v) is 4.64. The van der Waals surface area contributed by atoms with Crippen LogP contribution in [-0.4, -0.2) is 30.6 Å². The van der Waals surface area contributed by atoms with Gasteiger partial charge in [-0.1, -0.05) is 43.3 Å². The first-order valence-corrected chi connectivity index (χ1v) is 11.8. The number of aromatic nitrogens is 4. The number of pyridine rings is 1. The zero-order valence-electron chi connectivity index (χ0n) is 18.1. The summed E-state index contributed by atoms with van der Waals surface area (Å²) in [6, 6.07) is 15.7. The van der Waals surface area contributed by atoms with Crippen LogP contribution in [0.25, 0.3) is 10.7 Å². The molecular weight excluding hydrogens is 438 g/mol. The Labute approximate surface area is 196 Å². The van der Waals surface area contributed by atoms with Crippen molar-refractivity contribution in [1.82, 2.24) is 24.6 Å². The fraction of sp³-hybridized carbons (Fsp3) is 0.250. The maximum Gasteiger partial charge on any atom is 0.246 e. The van der Waals surface area contributed by atoms with E-state index in [1.165, 1.54) is 5.56 Å². The molecule has 0 aliphatic carbocycles. The highest BCUT2D eigenvalue weighted by molar-refractivity contribution is 7.71. The van der Waals surface area contributed by atoms with Gasteiger partial charge in [-0.2, -0.15) is 5.10 Å². The van der Waals surface area contributed by atoms with E-state index in [4.69, 9.17) is 12.2 Å². The Kier molecular flexibility index (Phi) is 6.92.